The highest BCUT2D eigenvalue weighted by Gasteiger charge is 2.05. The van der Waals surface area contributed by atoms with Crippen LogP contribution in [0.1, 0.15) is 29.4 Å². The Labute approximate surface area is 109 Å². The minimum Gasteiger partial charge on any atom is -0.329 e. The van der Waals surface area contributed by atoms with Crippen LogP contribution in [0.15, 0.2) is 30.6 Å². The van der Waals surface area contributed by atoms with Gasteiger partial charge in [0.25, 0.3) is 0 Å². The summed E-state index contributed by atoms with van der Waals surface area (Å²) in [6.07, 6.45) is 3.92. The molecule has 18 heavy (non-hydrogen) atoms. The maximum absolute atomic E-state index is 4.40. The zero-order valence-corrected chi connectivity index (χ0v) is 11.4. The van der Waals surface area contributed by atoms with Gasteiger partial charge in [-0.25, -0.2) is 4.98 Å². The molecule has 1 heterocycles. The largest absolute Gasteiger partial charge is 0.329 e. The molecule has 0 saturated carbocycles. The summed E-state index contributed by atoms with van der Waals surface area (Å²) < 4.78 is 2.21. The Morgan fingerprint density at radius 2 is 2.11 bits per heavy atom. The van der Waals surface area contributed by atoms with E-state index in [4.69, 9.17) is 0 Å². The molecular weight excluding hydrogens is 222 g/mol. The maximum atomic E-state index is 4.40. The van der Waals surface area contributed by atoms with Crippen molar-refractivity contribution in [2.75, 3.05) is 6.54 Å². The number of imidazole rings is 1. The fourth-order valence-corrected chi connectivity index (χ4v) is 2.04. The first-order valence-electron chi connectivity index (χ1n) is 6.47. The van der Waals surface area contributed by atoms with Gasteiger partial charge >= 0.3 is 0 Å². The zero-order valence-electron chi connectivity index (χ0n) is 11.4. The lowest BCUT2D eigenvalue weighted by atomic mass is 10.1. The SMILES string of the molecule is CCNCc1nccn1Cc1cc(C)ccc1C. The molecule has 0 bridgehead atoms. The van der Waals surface area contributed by atoms with Crippen LogP contribution in [0, 0.1) is 13.8 Å². The van der Waals surface area contributed by atoms with Crippen LogP contribution in [0.2, 0.25) is 0 Å². The molecule has 0 unspecified atom stereocenters. The summed E-state index contributed by atoms with van der Waals surface area (Å²) in [5, 5.41) is 3.32. The highest BCUT2D eigenvalue weighted by molar-refractivity contribution is 5.30. The van der Waals surface area contributed by atoms with E-state index in [1.807, 2.05) is 6.20 Å². The third-order valence-corrected chi connectivity index (χ3v) is 3.18. The molecule has 0 aliphatic heterocycles. The number of hydrogen-bond acceptors (Lipinski definition) is 2. The lowest BCUT2D eigenvalue weighted by molar-refractivity contribution is 0.638. The predicted molar refractivity (Wildman–Crippen MR) is 74.6 cm³/mol. The van der Waals surface area contributed by atoms with Crippen molar-refractivity contribution >= 4 is 0 Å². The quantitative estimate of drug-likeness (QED) is 0.875. The molecule has 2 aromatic rings. The molecular formula is C15H21N3. The van der Waals surface area contributed by atoms with Gasteiger partial charge < -0.3 is 9.88 Å². The molecule has 0 amide bonds. The van der Waals surface area contributed by atoms with E-state index in [0.717, 1.165) is 25.5 Å². The Morgan fingerprint density at radius 3 is 2.89 bits per heavy atom. The van der Waals surface area contributed by atoms with Gasteiger partial charge in [0.05, 0.1) is 6.54 Å². The fourth-order valence-electron chi connectivity index (χ4n) is 2.04. The van der Waals surface area contributed by atoms with Crippen molar-refractivity contribution in [1.29, 1.82) is 0 Å². The van der Waals surface area contributed by atoms with Gasteiger partial charge in [-0.05, 0) is 31.5 Å². The van der Waals surface area contributed by atoms with Gasteiger partial charge in [-0.3, -0.25) is 0 Å². The van der Waals surface area contributed by atoms with Gasteiger partial charge in [-0.15, -0.1) is 0 Å². The van der Waals surface area contributed by atoms with E-state index in [2.05, 4.69) is 60.0 Å². The third-order valence-electron chi connectivity index (χ3n) is 3.18. The molecule has 1 aromatic heterocycles. The zero-order chi connectivity index (χ0) is 13.0. The number of aromatic nitrogens is 2. The van der Waals surface area contributed by atoms with Crippen LogP contribution < -0.4 is 5.32 Å². The van der Waals surface area contributed by atoms with Crippen LogP contribution in [0.25, 0.3) is 0 Å². The Balaban J connectivity index is 2.18. The van der Waals surface area contributed by atoms with Crippen molar-refractivity contribution in [3.8, 4) is 0 Å². The third kappa shape index (κ3) is 2.99. The molecule has 0 atom stereocenters. The second-order valence-electron chi connectivity index (χ2n) is 4.68. The molecule has 0 fully saturated rings. The lowest BCUT2D eigenvalue weighted by Gasteiger charge is -2.11. The van der Waals surface area contributed by atoms with Crippen LogP contribution in [0.3, 0.4) is 0 Å². The first-order valence-corrected chi connectivity index (χ1v) is 6.47. The van der Waals surface area contributed by atoms with Gasteiger partial charge in [0, 0.05) is 18.9 Å². The van der Waals surface area contributed by atoms with E-state index in [0.29, 0.717) is 0 Å². The summed E-state index contributed by atoms with van der Waals surface area (Å²) in [5.41, 5.74) is 4.01. The van der Waals surface area contributed by atoms with Crippen LogP contribution >= 0.6 is 0 Å². The number of hydrogen-bond donors (Lipinski definition) is 1. The number of nitrogens with zero attached hydrogens (tertiary/aromatic N) is 2. The minimum atomic E-state index is 0.828. The van der Waals surface area contributed by atoms with Gasteiger partial charge in [-0.1, -0.05) is 30.7 Å². The fraction of sp³-hybridized carbons (Fsp3) is 0.400. The smallest absolute Gasteiger partial charge is 0.122 e. The Kier molecular flexibility index (Phi) is 4.15. The van der Waals surface area contributed by atoms with Crippen molar-refractivity contribution in [3.05, 3.63) is 53.1 Å². The van der Waals surface area contributed by atoms with E-state index >= 15 is 0 Å². The van der Waals surface area contributed by atoms with Gasteiger partial charge in [-0.2, -0.15) is 0 Å². The van der Waals surface area contributed by atoms with Crippen LogP contribution in [0.5, 0.6) is 0 Å². The lowest BCUT2D eigenvalue weighted by Crippen LogP contribution is -2.16. The first kappa shape index (κ1) is 12.8. The standard InChI is InChI=1S/C15H21N3/c1-4-16-10-15-17-7-8-18(15)11-14-9-12(2)5-6-13(14)3/h5-9,16H,4,10-11H2,1-3H3. The topological polar surface area (TPSA) is 29.9 Å². The van der Waals surface area contributed by atoms with Crippen LogP contribution in [-0.4, -0.2) is 16.1 Å². The molecule has 0 aliphatic rings. The van der Waals surface area contributed by atoms with Gasteiger partial charge in [0.2, 0.25) is 0 Å². The molecule has 0 radical (unpaired) electrons. The maximum Gasteiger partial charge on any atom is 0.122 e. The highest BCUT2D eigenvalue weighted by Crippen LogP contribution is 2.13. The average Bonchev–Trinajstić information content (AvgIpc) is 2.79. The van der Waals surface area contributed by atoms with Crippen molar-refractivity contribution in [3.63, 3.8) is 0 Å². The van der Waals surface area contributed by atoms with E-state index in [9.17, 15) is 0 Å². The predicted octanol–water partition coefficient (Wildman–Crippen LogP) is 2.66. The molecule has 0 spiro atoms. The van der Waals surface area contributed by atoms with E-state index in [1.165, 1.54) is 16.7 Å². The van der Waals surface area contributed by atoms with Crippen molar-refractivity contribution in [2.24, 2.45) is 0 Å². The summed E-state index contributed by atoms with van der Waals surface area (Å²) in [7, 11) is 0. The summed E-state index contributed by atoms with van der Waals surface area (Å²) in [6, 6.07) is 6.60. The summed E-state index contributed by atoms with van der Waals surface area (Å²) in [4.78, 5) is 4.40. The molecule has 1 aromatic carbocycles. The highest BCUT2D eigenvalue weighted by atomic mass is 15.1. The number of benzene rings is 1. The van der Waals surface area contributed by atoms with Crippen molar-refractivity contribution < 1.29 is 0 Å². The first-order chi connectivity index (χ1) is 8.70. The Bertz CT molecular complexity index is 514. The molecule has 2 rings (SSSR count). The summed E-state index contributed by atoms with van der Waals surface area (Å²) in [5.74, 6) is 1.10. The van der Waals surface area contributed by atoms with Crippen LogP contribution in [-0.2, 0) is 13.1 Å². The molecule has 96 valence electrons. The number of nitrogens with one attached hydrogen (secondary N) is 1. The summed E-state index contributed by atoms with van der Waals surface area (Å²) in [6.45, 7) is 9.10. The van der Waals surface area contributed by atoms with E-state index < -0.39 is 0 Å². The Morgan fingerprint density at radius 1 is 1.28 bits per heavy atom. The van der Waals surface area contributed by atoms with Crippen molar-refractivity contribution in [2.45, 2.75) is 33.9 Å². The van der Waals surface area contributed by atoms with E-state index in [-0.39, 0.29) is 0 Å². The normalized spacial score (nSPS) is 10.8. The Hall–Kier alpha value is -1.61. The molecule has 1 N–H and O–H groups in total. The average molecular weight is 243 g/mol. The van der Waals surface area contributed by atoms with Crippen LogP contribution in [0.4, 0.5) is 0 Å². The number of aryl methyl sites for hydroxylation is 2. The molecule has 3 nitrogen and oxygen atoms in total. The summed E-state index contributed by atoms with van der Waals surface area (Å²) >= 11 is 0. The van der Waals surface area contributed by atoms with Gasteiger partial charge in [0.1, 0.15) is 5.82 Å². The minimum absolute atomic E-state index is 0.828. The molecule has 3 heteroatoms. The van der Waals surface area contributed by atoms with Crippen molar-refractivity contribution in [1.82, 2.24) is 14.9 Å². The monoisotopic (exact) mass is 243 g/mol. The second kappa shape index (κ2) is 5.83. The van der Waals surface area contributed by atoms with Gasteiger partial charge in [0.15, 0.2) is 0 Å². The molecule has 0 aliphatic carbocycles. The number of rotatable bonds is 5. The second-order valence-corrected chi connectivity index (χ2v) is 4.68. The van der Waals surface area contributed by atoms with E-state index in [1.54, 1.807) is 0 Å². The molecule has 0 saturated heterocycles.